The first kappa shape index (κ1) is 17.5. The number of carbonyl (C=O) groups is 2. The van der Waals surface area contributed by atoms with E-state index in [1.807, 2.05) is 0 Å². The predicted molar refractivity (Wildman–Crippen MR) is 80.2 cm³/mol. The lowest BCUT2D eigenvalue weighted by Gasteiger charge is -2.20. The van der Waals surface area contributed by atoms with Gasteiger partial charge in [0.2, 0.25) is 5.91 Å². The lowest BCUT2D eigenvalue weighted by molar-refractivity contribution is -0.109. The van der Waals surface area contributed by atoms with Gasteiger partial charge in [0, 0.05) is 18.2 Å². The lowest BCUT2D eigenvalue weighted by atomic mass is 9.97. The molecule has 0 fully saturated rings. The van der Waals surface area contributed by atoms with Crippen molar-refractivity contribution in [2.75, 3.05) is 12.9 Å². The van der Waals surface area contributed by atoms with Crippen molar-refractivity contribution in [3.63, 3.8) is 0 Å². The molecule has 1 amide bonds. The highest BCUT2D eigenvalue weighted by Crippen LogP contribution is 2.26. The van der Waals surface area contributed by atoms with Crippen molar-refractivity contribution in [2.24, 2.45) is 5.73 Å². The molecule has 0 aliphatic heterocycles. The van der Waals surface area contributed by atoms with Gasteiger partial charge in [-0.1, -0.05) is 17.8 Å². The van der Waals surface area contributed by atoms with E-state index >= 15 is 0 Å². The van der Waals surface area contributed by atoms with Gasteiger partial charge in [-0.15, -0.1) is 0 Å². The van der Waals surface area contributed by atoms with E-state index < -0.39 is 18.1 Å². The molecule has 116 valence electrons. The smallest absolute Gasteiger partial charge is 0.249 e. The third-order valence-electron chi connectivity index (χ3n) is 2.93. The second-order valence-corrected chi connectivity index (χ2v) is 5.73. The molecule has 0 aromatic heterocycles. The molecule has 6 nitrogen and oxygen atoms in total. The zero-order chi connectivity index (χ0) is 16.0. The van der Waals surface area contributed by atoms with Gasteiger partial charge in [-0.25, -0.2) is 0 Å². The molecule has 0 aliphatic carbocycles. The van der Waals surface area contributed by atoms with E-state index in [9.17, 15) is 19.8 Å². The van der Waals surface area contributed by atoms with Gasteiger partial charge < -0.3 is 20.7 Å². The monoisotopic (exact) mass is 313 g/mol. The summed E-state index contributed by atoms with van der Waals surface area (Å²) in [5.41, 5.74) is 5.62. The van der Waals surface area contributed by atoms with Crippen LogP contribution >= 0.6 is 11.8 Å². The maximum absolute atomic E-state index is 11.4. The van der Waals surface area contributed by atoms with E-state index in [0.717, 1.165) is 11.8 Å². The number of thioether (sulfide) groups is 1. The van der Waals surface area contributed by atoms with Crippen molar-refractivity contribution < 1.29 is 24.5 Å². The maximum atomic E-state index is 11.4. The Morgan fingerprint density at radius 3 is 2.57 bits per heavy atom. The normalized spacial score (nSPS) is 13.5. The fourth-order valence-electron chi connectivity index (χ4n) is 1.82. The standard InChI is InChI=1S/C14H19NO5S/c1-8(16)21-6-5-12(17)13(18)10-4-3-9(20-2)7-11(10)14(15)19/h3-4,7,12-13,17-18H,5-6H2,1-2H3,(H2,15,19). The van der Waals surface area contributed by atoms with Crippen LogP contribution in [0.3, 0.4) is 0 Å². The highest BCUT2D eigenvalue weighted by molar-refractivity contribution is 8.13. The molecule has 21 heavy (non-hydrogen) atoms. The Hall–Kier alpha value is -1.57. The first-order valence-corrected chi connectivity index (χ1v) is 7.32. The van der Waals surface area contributed by atoms with E-state index in [-0.39, 0.29) is 22.7 Å². The molecule has 0 saturated heterocycles. The zero-order valence-corrected chi connectivity index (χ0v) is 12.7. The summed E-state index contributed by atoms with van der Waals surface area (Å²) in [6.07, 6.45) is -2.13. The molecule has 0 saturated carbocycles. The van der Waals surface area contributed by atoms with Crippen LogP contribution in [0.15, 0.2) is 18.2 Å². The fourth-order valence-corrected chi connectivity index (χ4v) is 2.47. The third kappa shape index (κ3) is 5.04. The van der Waals surface area contributed by atoms with Crippen LogP contribution in [0.2, 0.25) is 0 Å². The fraction of sp³-hybridized carbons (Fsp3) is 0.429. The van der Waals surface area contributed by atoms with Crippen molar-refractivity contribution in [1.82, 2.24) is 0 Å². The summed E-state index contributed by atoms with van der Waals surface area (Å²) in [6, 6.07) is 4.48. The number of benzene rings is 1. The molecular weight excluding hydrogens is 294 g/mol. The van der Waals surface area contributed by atoms with Crippen LogP contribution in [0.5, 0.6) is 5.75 Å². The molecule has 2 atom stereocenters. The topological polar surface area (TPSA) is 110 Å². The number of methoxy groups -OCH3 is 1. The first-order chi connectivity index (χ1) is 9.86. The molecule has 0 spiro atoms. The van der Waals surface area contributed by atoms with Gasteiger partial charge in [0.25, 0.3) is 0 Å². The molecule has 7 heteroatoms. The Balaban J connectivity index is 2.87. The van der Waals surface area contributed by atoms with E-state index in [0.29, 0.717) is 11.5 Å². The summed E-state index contributed by atoms with van der Waals surface area (Å²) in [5.74, 6) is 0.102. The number of aliphatic hydroxyl groups is 2. The van der Waals surface area contributed by atoms with E-state index in [1.165, 1.54) is 26.2 Å². The molecule has 1 aromatic carbocycles. The van der Waals surface area contributed by atoms with Gasteiger partial charge in [0.15, 0.2) is 5.12 Å². The van der Waals surface area contributed by atoms with Crippen LogP contribution in [-0.2, 0) is 4.79 Å². The number of ether oxygens (including phenoxy) is 1. The Morgan fingerprint density at radius 1 is 1.38 bits per heavy atom. The Labute approximate surface area is 127 Å². The van der Waals surface area contributed by atoms with Gasteiger partial charge in [0.05, 0.1) is 13.2 Å². The zero-order valence-electron chi connectivity index (χ0n) is 11.9. The van der Waals surface area contributed by atoms with Crippen molar-refractivity contribution in [1.29, 1.82) is 0 Å². The maximum Gasteiger partial charge on any atom is 0.249 e. The summed E-state index contributed by atoms with van der Waals surface area (Å²) in [5, 5.41) is 20.1. The number of hydrogen-bond donors (Lipinski definition) is 3. The molecule has 0 aliphatic rings. The molecule has 4 N–H and O–H groups in total. The third-order valence-corrected chi connectivity index (χ3v) is 3.77. The first-order valence-electron chi connectivity index (χ1n) is 6.34. The Morgan fingerprint density at radius 2 is 2.05 bits per heavy atom. The van der Waals surface area contributed by atoms with Crippen molar-refractivity contribution in [3.05, 3.63) is 29.3 Å². The van der Waals surface area contributed by atoms with Gasteiger partial charge in [-0.3, -0.25) is 9.59 Å². The number of primary amides is 1. The number of amides is 1. The van der Waals surface area contributed by atoms with Crippen molar-refractivity contribution in [3.8, 4) is 5.75 Å². The van der Waals surface area contributed by atoms with Gasteiger partial charge in [-0.05, 0) is 24.1 Å². The van der Waals surface area contributed by atoms with Crippen LogP contribution in [-0.4, -0.2) is 40.2 Å². The molecule has 1 rings (SSSR count). The van der Waals surface area contributed by atoms with Gasteiger partial charge in [0.1, 0.15) is 11.9 Å². The molecule has 0 bridgehead atoms. The number of aliphatic hydroxyl groups excluding tert-OH is 2. The average Bonchev–Trinajstić information content (AvgIpc) is 2.45. The van der Waals surface area contributed by atoms with Crippen molar-refractivity contribution in [2.45, 2.75) is 25.6 Å². The summed E-state index contributed by atoms with van der Waals surface area (Å²) in [6.45, 7) is 1.43. The minimum absolute atomic E-state index is 0.0565. The molecule has 2 unspecified atom stereocenters. The average molecular weight is 313 g/mol. The highest BCUT2D eigenvalue weighted by atomic mass is 32.2. The summed E-state index contributed by atoms with van der Waals surface area (Å²) in [7, 11) is 1.45. The van der Waals surface area contributed by atoms with Crippen LogP contribution in [0, 0.1) is 0 Å². The molecule has 0 radical (unpaired) electrons. The molecular formula is C14H19NO5S. The van der Waals surface area contributed by atoms with Gasteiger partial charge >= 0.3 is 0 Å². The number of rotatable bonds is 7. The van der Waals surface area contributed by atoms with E-state index in [4.69, 9.17) is 10.5 Å². The molecule has 1 aromatic rings. The van der Waals surface area contributed by atoms with Crippen LogP contribution in [0.25, 0.3) is 0 Å². The predicted octanol–water partition coefficient (Wildman–Crippen LogP) is 0.858. The number of carbonyl (C=O) groups excluding carboxylic acids is 2. The second-order valence-electron chi connectivity index (χ2n) is 4.46. The SMILES string of the molecule is COc1ccc(C(O)C(O)CCSC(C)=O)c(C(N)=O)c1. The summed E-state index contributed by atoms with van der Waals surface area (Å²) in [4.78, 5) is 22.3. The summed E-state index contributed by atoms with van der Waals surface area (Å²) >= 11 is 1.07. The lowest BCUT2D eigenvalue weighted by Crippen LogP contribution is -2.23. The summed E-state index contributed by atoms with van der Waals surface area (Å²) < 4.78 is 5.00. The quantitative estimate of drug-likeness (QED) is 0.688. The van der Waals surface area contributed by atoms with E-state index in [1.54, 1.807) is 6.07 Å². The second kappa shape index (κ2) is 8.02. The van der Waals surface area contributed by atoms with Crippen LogP contribution < -0.4 is 10.5 Å². The number of hydrogen-bond acceptors (Lipinski definition) is 6. The highest BCUT2D eigenvalue weighted by Gasteiger charge is 2.23. The molecule has 0 heterocycles. The van der Waals surface area contributed by atoms with Crippen LogP contribution in [0.1, 0.15) is 35.4 Å². The Bertz CT molecular complexity index is 520. The van der Waals surface area contributed by atoms with E-state index in [2.05, 4.69) is 0 Å². The Kier molecular flexibility index (Phi) is 6.67. The minimum atomic E-state index is -1.26. The number of nitrogens with two attached hydrogens (primary N) is 1. The van der Waals surface area contributed by atoms with Crippen molar-refractivity contribution >= 4 is 22.8 Å². The minimum Gasteiger partial charge on any atom is -0.497 e. The largest absolute Gasteiger partial charge is 0.497 e. The van der Waals surface area contributed by atoms with Gasteiger partial charge in [-0.2, -0.15) is 0 Å². The van der Waals surface area contributed by atoms with Crippen LogP contribution in [0.4, 0.5) is 0 Å².